The predicted molar refractivity (Wildman–Crippen MR) is 92.1 cm³/mol. The molecule has 0 heterocycles. The number of carbonyl (C=O) groups excluding carboxylic acids is 1. The summed E-state index contributed by atoms with van der Waals surface area (Å²) in [4.78, 5) is 11.9. The molecule has 22 heavy (non-hydrogen) atoms. The number of benzene rings is 2. The molecule has 0 fully saturated rings. The summed E-state index contributed by atoms with van der Waals surface area (Å²) in [6, 6.07) is 11.9. The first-order chi connectivity index (χ1) is 10.5. The van der Waals surface area contributed by atoms with Crippen molar-refractivity contribution in [1.82, 2.24) is 5.32 Å². The number of hydrogen-bond acceptors (Lipinski definition) is 2. The molecular formula is C18H20BrNO2. The molecule has 3 nitrogen and oxygen atoms in total. The second-order valence-corrected chi connectivity index (χ2v) is 6.22. The molecule has 2 aromatic rings. The largest absolute Gasteiger partial charge is 0.484 e. The quantitative estimate of drug-likeness (QED) is 0.871. The Labute approximate surface area is 139 Å². The fraction of sp³-hybridized carbons (Fsp3) is 0.278. The Kier molecular flexibility index (Phi) is 5.61. The highest BCUT2D eigenvalue weighted by atomic mass is 79.9. The van der Waals surface area contributed by atoms with Gasteiger partial charge in [-0.25, -0.2) is 0 Å². The fourth-order valence-electron chi connectivity index (χ4n) is 2.21. The van der Waals surface area contributed by atoms with E-state index in [-0.39, 0.29) is 12.5 Å². The van der Waals surface area contributed by atoms with Crippen LogP contribution in [0.4, 0.5) is 0 Å². The van der Waals surface area contributed by atoms with Gasteiger partial charge in [0.05, 0.1) is 0 Å². The minimum absolute atomic E-state index is 0.0202. The maximum Gasteiger partial charge on any atom is 0.258 e. The van der Waals surface area contributed by atoms with Gasteiger partial charge in [-0.05, 0) is 49.6 Å². The molecule has 0 aromatic heterocycles. The zero-order valence-electron chi connectivity index (χ0n) is 13.1. The topological polar surface area (TPSA) is 38.3 Å². The molecule has 0 aliphatic rings. The maximum atomic E-state index is 11.9. The summed E-state index contributed by atoms with van der Waals surface area (Å²) >= 11 is 3.51. The molecule has 1 amide bonds. The Hall–Kier alpha value is -1.81. The van der Waals surface area contributed by atoms with Gasteiger partial charge in [0.1, 0.15) is 5.75 Å². The summed E-state index contributed by atoms with van der Waals surface area (Å²) in [5.41, 5.74) is 4.46. The first-order valence-electron chi connectivity index (χ1n) is 7.17. The molecule has 2 rings (SSSR count). The van der Waals surface area contributed by atoms with E-state index in [1.807, 2.05) is 51.1 Å². The minimum atomic E-state index is -0.125. The van der Waals surface area contributed by atoms with E-state index in [0.717, 1.165) is 21.2 Å². The minimum Gasteiger partial charge on any atom is -0.484 e. The van der Waals surface area contributed by atoms with E-state index in [1.54, 1.807) is 0 Å². The fourth-order valence-corrected chi connectivity index (χ4v) is 2.44. The summed E-state index contributed by atoms with van der Waals surface area (Å²) < 4.78 is 6.64. The first kappa shape index (κ1) is 16.6. The van der Waals surface area contributed by atoms with Crippen molar-refractivity contribution in [2.45, 2.75) is 27.3 Å². The van der Waals surface area contributed by atoms with Crippen molar-refractivity contribution in [3.8, 4) is 5.75 Å². The highest BCUT2D eigenvalue weighted by Gasteiger charge is 2.06. The van der Waals surface area contributed by atoms with Gasteiger partial charge in [0, 0.05) is 11.0 Å². The summed E-state index contributed by atoms with van der Waals surface area (Å²) in [5, 5.41) is 2.86. The molecule has 0 aliphatic heterocycles. The van der Waals surface area contributed by atoms with Crippen LogP contribution in [0.15, 0.2) is 40.9 Å². The van der Waals surface area contributed by atoms with Gasteiger partial charge >= 0.3 is 0 Å². The number of halogens is 1. The van der Waals surface area contributed by atoms with Gasteiger partial charge < -0.3 is 10.1 Å². The van der Waals surface area contributed by atoms with Crippen LogP contribution in [0.3, 0.4) is 0 Å². The zero-order chi connectivity index (χ0) is 16.1. The zero-order valence-corrected chi connectivity index (χ0v) is 14.7. The molecule has 0 aliphatic carbocycles. The van der Waals surface area contributed by atoms with E-state index in [9.17, 15) is 4.79 Å². The molecule has 2 aromatic carbocycles. The van der Waals surface area contributed by atoms with Gasteiger partial charge in [0.2, 0.25) is 0 Å². The van der Waals surface area contributed by atoms with Crippen LogP contribution in [0.2, 0.25) is 0 Å². The van der Waals surface area contributed by atoms with Crippen LogP contribution in [0.25, 0.3) is 0 Å². The lowest BCUT2D eigenvalue weighted by molar-refractivity contribution is -0.123. The number of rotatable bonds is 5. The third-order valence-electron chi connectivity index (χ3n) is 3.35. The van der Waals surface area contributed by atoms with Crippen LogP contribution in [0.1, 0.15) is 22.3 Å². The summed E-state index contributed by atoms with van der Waals surface area (Å²) in [6.07, 6.45) is 0. The van der Waals surface area contributed by atoms with Gasteiger partial charge in [-0.1, -0.05) is 45.8 Å². The van der Waals surface area contributed by atoms with E-state index in [4.69, 9.17) is 4.74 Å². The average Bonchev–Trinajstić information content (AvgIpc) is 2.48. The van der Waals surface area contributed by atoms with Gasteiger partial charge in [0.15, 0.2) is 6.61 Å². The molecule has 0 atom stereocenters. The monoisotopic (exact) mass is 361 g/mol. The Bertz CT molecular complexity index is 660. The number of carbonyl (C=O) groups is 1. The van der Waals surface area contributed by atoms with Crippen molar-refractivity contribution in [3.63, 3.8) is 0 Å². The van der Waals surface area contributed by atoms with Gasteiger partial charge in [-0.2, -0.15) is 0 Å². The predicted octanol–water partition coefficient (Wildman–Crippen LogP) is 4.07. The SMILES string of the molecule is Cc1cccc(CNC(=O)COc2cc(C)c(Br)c(C)c2)c1. The van der Waals surface area contributed by atoms with Crippen LogP contribution >= 0.6 is 15.9 Å². The van der Waals surface area contributed by atoms with Gasteiger partial charge in [0.25, 0.3) is 5.91 Å². The van der Waals surface area contributed by atoms with Gasteiger partial charge in [-0.15, -0.1) is 0 Å². The number of nitrogens with one attached hydrogen (secondary N) is 1. The first-order valence-corrected chi connectivity index (χ1v) is 7.97. The van der Waals surface area contributed by atoms with Crippen LogP contribution in [0.5, 0.6) is 5.75 Å². The Morgan fingerprint density at radius 2 is 1.82 bits per heavy atom. The average molecular weight is 362 g/mol. The van der Waals surface area contributed by atoms with E-state index >= 15 is 0 Å². The van der Waals surface area contributed by atoms with Crippen LogP contribution in [-0.2, 0) is 11.3 Å². The molecule has 0 radical (unpaired) electrons. The molecule has 0 saturated carbocycles. The lowest BCUT2D eigenvalue weighted by Crippen LogP contribution is -2.28. The number of hydrogen-bond donors (Lipinski definition) is 1. The molecule has 0 unspecified atom stereocenters. The van der Waals surface area contributed by atoms with E-state index in [1.165, 1.54) is 5.56 Å². The summed E-state index contributed by atoms with van der Waals surface area (Å²) in [6.45, 7) is 6.57. The third-order valence-corrected chi connectivity index (χ3v) is 4.60. The van der Waals surface area contributed by atoms with Gasteiger partial charge in [-0.3, -0.25) is 4.79 Å². The lowest BCUT2D eigenvalue weighted by atomic mass is 10.1. The number of aryl methyl sites for hydroxylation is 3. The summed E-state index contributed by atoms with van der Waals surface area (Å²) in [5.74, 6) is 0.587. The third kappa shape index (κ3) is 4.60. The second kappa shape index (κ2) is 7.45. The van der Waals surface area contributed by atoms with Crippen molar-refractivity contribution < 1.29 is 9.53 Å². The lowest BCUT2D eigenvalue weighted by Gasteiger charge is -2.10. The number of ether oxygens (including phenoxy) is 1. The molecule has 4 heteroatoms. The van der Waals surface area contributed by atoms with Crippen molar-refractivity contribution in [3.05, 3.63) is 63.1 Å². The highest BCUT2D eigenvalue weighted by Crippen LogP contribution is 2.26. The normalized spacial score (nSPS) is 10.4. The second-order valence-electron chi connectivity index (χ2n) is 5.43. The standard InChI is InChI=1S/C18H20BrNO2/c1-12-5-4-6-15(7-12)10-20-17(21)11-22-16-8-13(2)18(19)14(3)9-16/h4-9H,10-11H2,1-3H3,(H,20,21). The molecule has 0 saturated heterocycles. The highest BCUT2D eigenvalue weighted by molar-refractivity contribution is 9.10. The molecule has 116 valence electrons. The van der Waals surface area contributed by atoms with E-state index < -0.39 is 0 Å². The van der Waals surface area contributed by atoms with Crippen molar-refractivity contribution in [2.24, 2.45) is 0 Å². The van der Waals surface area contributed by atoms with Crippen LogP contribution in [0, 0.1) is 20.8 Å². The Balaban J connectivity index is 1.85. The molecule has 0 spiro atoms. The van der Waals surface area contributed by atoms with Crippen LogP contribution in [-0.4, -0.2) is 12.5 Å². The van der Waals surface area contributed by atoms with Crippen LogP contribution < -0.4 is 10.1 Å². The smallest absolute Gasteiger partial charge is 0.258 e. The maximum absolute atomic E-state index is 11.9. The summed E-state index contributed by atoms with van der Waals surface area (Å²) in [7, 11) is 0. The number of amides is 1. The van der Waals surface area contributed by atoms with Crippen molar-refractivity contribution in [1.29, 1.82) is 0 Å². The molecule has 1 N–H and O–H groups in total. The van der Waals surface area contributed by atoms with Crippen molar-refractivity contribution >= 4 is 21.8 Å². The van der Waals surface area contributed by atoms with Crippen molar-refractivity contribution in [2.75, 3.05) is 6.61 Å². The molecular weight excluding hydrogens is 342 g/mol. The Morgan fingerprint density at radius 1 is 1.14 bits per heavy atom. The van der Waals surface area contributed by atoms with E-state index in [0.29, 0.717) is 12.3 Å². The molecule has 0 bridgehead atoms. The van der Waals surface area contributed by atoms with E-state index in [2.05, 4.69) is 27.3 Å². The Morgan fingerprint density at radius 3 is 2.45 bits per heavy atom.